The highest BCUT2D eigenvalue weighted by molar-refractivity contribution is 5.98. The molecule has 2 aromatic carbocycles. The van der Waals surface area contributed by atoms with Gasteiger partial charge in [-0.15, -0.1) is 0 Å². The molecule has 3 aromatic rings. The van der Waals surface area contributed by atoms with Gasteiger partial charge in [0.2, 0.25) is 0 Å². The predicted molar refractivity (Wildman–Crippen MR) is 80.9 cm³/mol. The maximum Gasteiger partial charge on any atom is 0.198 e. The van der Waals surface area contributed by atoms with E-state index in [4.69, 9.17) is 4.42 Å². The topological polar surface area (TPSA) is 30.2 Å². The Balaban J connectivity index is 2.02. The maximum absolute atomic E-state index is 11.9. The summed E-state index contributed by atoms with van der Waals surface area (Å²) in [4.78, 5) is 11.9. The minimum atomic E-state index is 0.0740. The molecule has 100 valence electrons. The molecule has 0 saturated heterocycles. The van der Waals surface area contributed by atoms with E-state index in [0.29, 0.717) is 12.2 Å². The van der Waals surface area contributed by atoms with Crippen molar-refractivity contribution in [3.8, 4) is 11.1 Å². The van der Waals surface area contributed by atoms with Crippen LogP contribution < -0.4 is 0 Å². The number of ketones is 1. The Hall–Kier alpha value is -2.35. The highest BCUT2D eigenvalue weighted by Crippen LogP contribution is 2.27. The third-order valence-electron chi connectivity index (χ3n) is 3.38. The van der Waals surface area contributed by atoms with Crippen LogP contribution in [0, 0.1) is 0 Å². The van der Waals surface area contributed by atoms with Crippen molar-refractivity contribution in [1.82, 2.24) is 0 Å². The third kappa shape index (κ3) is 2.37. The fourth-order valence-electron chi connectivity index (χ4n) is 2.34. The van der Waals surface area contributed by atoms with E-state index >= 15 is 0 Å². The monoisotopic (exact) mass is 264 g/mol. The average Bonchev–Trinajstić information content (AvgIpc) is 2.91. The Morgan fingerprint density at radius 1 is 1.00 bits per heavy atom. The number of carbonyl (C=O) groups excluding carboxylic acids is 1. The van der Waals surface area contributed by atoms with Gasteiger partial charge >= 0.3 is 0 Å². The Bertz CT molecular complexity index is 738. The normalized spacial score (nSPS) is 10.8. The summed E-state index contributed by atoms with van der Waals surface area (Å²) >= 11 is 0. The second-order valence-electron chi connectivity index (χ2n) is 4.90. The van der Waals surface area contributed by atoms with Gasteiger partial charge in [-0.1, -0.05) is 43.3 Å². The summed E-state index contributed by atoms with van der Waals surface area (Å²) in [7, 11) is 0. The molecule has 0 aliphatic carbocycles. The van der Waals surface area contributed by atoms with Gasteiger partial charge in [-0.05, 0) is 35.7 Å². The standard InChI is InChI=1S/C18H16O2/c1-2-6-16(19)18-12-15-11-14(9-10-17(15)20-18)13-7-4-3-5-8-13/h3-5,7-12H,2,6H2,1H3. The maximum atomic E-state index is 11.9. The number of furan rings is 1. The zero-order chi connectivity index (χ0) is 13.9. The fraction of sp³-hybridized carbons (Fsp3) is 0.167. The van der Waals surface area contributed by atoms with Crippen molar-refractivity contribution in [1.29, 1.82) is 0 Å². The van der Waals surface area contributed by atoms with E-state index in [1.54, 1.807) is 0 Å². The molecule has 2 heteroatoms. The summed E-state index contributed by atoms with van der Waals surface area (Å²) < 4.78 is 5.62. The molecule has 0 N–H and O–H groups in total. The molecular formula is C18H16O2. The molecule has 1 aromatic heterocycles. The van der Waals surface area contributed by atoms with Gasteiger partial charge in [-0.2, -0.15) is 0 Å². The van der Waals surface area contributed by atoms with Crippen molar-refractivity contribution in [2.45, 2.75) is 19.8 Å². The Morgan fingerprint density at radius 2 is 1.80 bits per heavy atom. The molecule has 0 radical (unpaired) electrons. The van der Waals surface area contributed by atoms with Gasteiger partial charge in [0.15, 0.2) is 11.5 Å². The number of hydrogen-bond donors (Lipinski definition) is 0. The molecule has 20 heavy (non-hydrogen) atoms. The lowest BCUT2D eigenvalue weighted by Crippen LogP contribution is -1.94. The van der Waals surface area contributed by atoms with Crippen LogP contribution >= 0.6 is 0 Å². The number of Topliss-reactive ketones (excluding diaryl/α,β-unsaturated/α-hetero) is 1. The molecule has 0 aliphatic rings. The largest absolute Gasteiger partial charge is 0.453 e. The lowest BCUT2D eigenvalue weighted by atomic mass is 10.0. The quantitative estimate of drug-likeness (QED) is 0.615. The average molecular weight is 264 g/mol. The van der Waals surface area contributed by atoms with Crippen molar-refractivity contribution in [2.75, 3.05) is 0 Å². The van der Waals surface area contributed by atoms with E-state index in [1.165, 1.54) is 0 Å². The highest BCUT2D eigenvalue weighted by Gasteiger charge is 2.11. The molecule has 0 spiro atoms. The van der Waals surface area contributed by atoms with E-state index in [1.807, 2.05) is 43.3 Å². The van der Waals surface area contributed by atoms with Crippen LogP contribution in [0.2, 0.25) is 0 Å². The molecule has 0 bridgehead atoms. The van der Waals surface area contributed by atoms with Crippen LogP contribution in [0.15, 0.2) is 59.0 Å². The minimum absolute atomic E-state index is 0.0740. The molecule has 0 fully saturated rings. The van der Waals surface area contributed by atoms with Crippen molar-refractivity contribution < 1.29 is 9.21 Å². The van der Waals surface area contributed by atoms with Gasteiger partial charge in [-0.3, -0.25) is 4.79 Å². The number of benzene rings is 2. The Morgan fingerprint density at radius 3 is 2.55 bits per heavy atom. The number of hydrogen-bond acceptors (Lipinski definition) is 2. The lowest BCUT2D eigenvalue weighted by Gasteiger charge is -2.00. The van der Waals surface area contributed by atoms with Crippen LogP contribution in [-0.4, -0.2) is 5.78 Å². The van der Waals surface area contributed by atoms with Crippen molar-refractivity contribution in [3.05, 3.63) is 60.4 Å². The van der Waals surface area contributed by atoms with Gasteiger partial charge in [0.05, 0.1) is 0 Å². The van der Waals surface area contributed by atoms with Crippen LogP contribution in [0.3, 0.4) is 0 Å². The molecule has 0 amide bonds. The summed E-state index contributed by atoms with van der Waals surface area (Å²) in [6.07, 6.45) is 1.37. The van der Waals surface area contributed by atoms with E-state index < -0.39 is 0 Å². The first-order valence-electron chi connectivity index (χ1n) is 6.90. The smallest absolute Gasteiger partial charge is 0.198 e. The fourth-order valence-corrected chi connectivity index (χ4v) is 2.34. The summed E-state index contributed by atoms with van der Waals surface area (Å²) in [5, 5.41) is 0.978. The van der Waals surface area contributed by atoms with Gasteiger partial charge in [0.1, 0.15) is 5.58 Å². The van der Waals surface area contributed by atoms with Gasteiger partial charge in [0, 0.05) is 11.8 Å². The summed E-state index contributed by atoms with van der Waals surface area (Å²) in [5.74, 6) is 0.539. The van der Waals surface area contributed by atoms with Crippen molar-refractivity contribution in [3.63, 3.8) is 0 Å². The van der Waals surface area contributed by atoms with E-state index in [0.717, 1.165) is 28.5 Å². The Labute approximate surface area is 118 Å². The highest BCUT2D eigenvalue weighted by atomic mass is 16.3. The first-order valence-corrected chi connectivity index (χ1v) is 6.90. The van der Waals surface area contributed by atoms with Crippen molar-refractivity contribution >= 4 is 16.8 Å². The molecule has 0 atom stereocenters. The van der Waals surface area contributed by atoms with E-state index in [9.17, 15) is 4.79 Å². The van der Waals surface area contributed by atoms with Crippen LogP contribution in [-0.2, 0) is 0 Å². The van der Waals surface area contributed by atoms with Gasteiger partial charge in [0.25, 0.3) is 0 Å². The predicted octanol–water partition coefficient (Wildman–Crippen LogP) is 5.08. The molecule has 0 saturated carbocycles. The van der Waals surface area contributed by atoms with Crippen LogP contribution in [0.4, 0.5) is 0 Å². The number of fused-ring (bicyclic) bond motifs is 1. The van der Waals surface area contributed by atoms with E-state index in [2.05, 4.69) is 18.2 Å². The van der Waals surface area contributed by atoms with Gasteiger partial charge < -0.3 is 4.42 Å². The molecule has 1 heterocycles. The van der Waals surface area contributed by atoms with Crippen molar-refractivity contribution in [2.24, 2.45) is 0 Å². The first kappa shape index (κ1) is 12.7. The summed E-state index contributed by atoms with van der Waals surface area (Å²) in [5.41, 5.74) is 3.06. The summed E-state index contributed by atoms with van der Waals surface area (Å²) in [6, 6.07) is 18.1. The summed E-state index contributed by atoms with van der Waals surface area (Å²) in [6.45, 7) is 1.99. The minimum Gasteiger partial charge on any atom is -0.453 e. The number of carbonyl (C=O) groups is 1. The zero-order valence-electron chi connectivity index (χ0n) is 11.4. The SMILES string of the molecule is CCCC(=O)c1cc2cc(-c3ccccc3)ccc2o1. The molecule has 2 nitrogen and oxygen atoms in total. The third-order valence-corrected chi connectivity index (χ3v) is 3.38. The van der Waals surface area contributed by atoms with Gasteiger partial charge in [-0.25, -0.2) is 0 Å². The first-order chi connectivity index (χ1) is 9.78. The van der Waals surface area contributed by atoms with E-state index in [-0.39, 0.29) is 5.78 Å². The van der Waals surface area contributed by atoms with Crippen LogP contribution in [0.5, 0.6) is 0 Å². The molecule has 3 rings (SSSR count). The lowest BCUT2D eigenvalue weighted by molar-refractivity contribution is 0.0957. The van der Waals surface area contributed by atoms with Crippen LogP contribution in [0.25, 0.3) is 22.1 Å². The second kappa shape index (κ2) is 5.33. The Kier molecular flexibility index (Phi) is 3.38. The molecule has 0 unspecified atom stereocenters. The van der Waals surface area contributed by atoms with Crippen LogP contribution in [0.1, 0.15) is 30.3 Å². The molecule has 0 aliphatic heterocycles. The second-order valence-corrected chi connectivity index (χ2v) is 4.90. The molecular weight excluding hydrogens is 248 g/mol. The zero-order valence-corrected chi connectivity index (χ0v) is 11.4. The number of rotatable bonds is 4.